The van der Waals surface area contributed by atoms with Crippen molar-refractivity contribution in [2.45, 2.75) is 39.0 Å². The third-order valence-electron chi connectivity index (χ3n) is 3.92. The van der Waals surface area contributed by atoms with Gasteiger partial charge in [-0.3, -0.25) is 0 Å². The van der Waals surface area contributed by atoms with Gasteiger partial charge < -0.3 is 9.47 Å². The summed E-state index contributed by atoms with van der Waals surface area (Å²) in [6.45, 7) is 2.70. The number of nitrogens with zero attached hydrogens (tertiary/aromatic N) is 1. The Labute approximate surface area is 169 Å². The van der Waals surface area contributed by atoms with Crippen LogP contribution in [0.25, 0.3) is 0 Å². The lowest BCUT2D eigenvalue weighted by molar-refractivity contribution is 0.0734. The van der Waals surface area contributed by atoms with Crippen molar-refractivity contribution in [3.05, 3.63) is 57.6 Å². The van der Waals surface area contributed by atoms with E-state index in [1.165, 1.54) is 31.4 Å². The molecular weight excluding hydrogens is 385 g/mol. The van der Waals surface area contributed by atoms with E-state index in [2.05, 4.69) is 6.92 Å². The first-order valence-corrected chi connectivity index (χ1v) is 9.65. The van der Waals surface area contributed by atoms with Gasteiger partial charge in [0.2, 0.25) is 0 Å². The first-order valence-electron chi connectivity index (χ1n) is 8.89. The van der Waals surface area contributed by atoms with Crippen LogP contribution in [0.3, 0.4) is 0 Å². The van der Waals surface area contributed by atoms with E-state index in [4.69, 9.17) is 37.9 Å². The van der Waals surface area contributed by atoms with E-state index in [-0.39, 0.29) is 15.6 Å². The average Bonchev–Trinajstić information content (AvgIpc) is 2.66. The van der Waals surface area contributed by atoms with Crippen LogP contribution in [0.2, 0.25) is 10.0 Å². The molecule has 0 heterocycles. The highest BCUT2D eigenvalue weighted by molar-refractivity contribution is 6.37. The molecule has 0 aromatic heterocycles. The summed E-state index contributed by atoms with van der Waals surface area (Å²) >= 11 is 12.5. The second-order valence-electron chi connectivity index (χ2n) is 6.06. The Kier molecular flexibility index (Phi) is 8.44. The van der Waals surface area contributed by atoms with Gasteiger partial charge in [0.05, 0.1) is 33.8 Å². The number of benzene rings is 2. The molecule has 0 unspecified atom stereocenters. The maximum absolute atomic E-state index is 12.3. The monoisotopic (exact) mass is 405 g/mol. The van der Waals surface area contributed by atoms with E-state index in [9.17, 15) is 4.79 Å². The van der Waals surface area contributed by atoms with Gasteiger partial charge >= 0.3 is 5.97 Å². The molecule has 27 heavy (non-hydrogen) atoms. The number of unbranched alkanes of at least 4 members (excludes halogenated alkanes) is 4. The van der Waals surface area contributed by atoms with Gasteiger partial charge in [-0.05, 0) is 42.8 Å². The molecule has 0 radical (unpaired) electrons. The molecule has 0 saturated carbocycles. The Morgan fingerprint density at radius 1 is 1.04 bits per heavy atom. The number of nitriles is 1. The third-order valence-corrected chi connectivity index (χ3v) is 4.48. The molecule has 2 rings (SSSR count). The lowest BCUT2D eigenvalue weighted by Gasteiger charge is -2.12. The molecule has 0 atom stereocenters. The van der Waals surface area contributed by atoms with Gasteiger partial charge in [0, 0.05) is 0 Å². The second-order valence-corrected chi connectivity index (χ2v) is 6.87. The zero-order chi connectivity index (χ0) is 19.6. The van der Waals surface area contributed by atoms with Gasteiger partial charge in [-0.2, -0.15) is 5.26 Å². The van der Waals surface area contributed by atoms with Gasteiger partial charge in [0.15, 0.2) is 5.75 Å². The number of halogens is 2. The number of rotatable bonds is 9. The molecule has 142 valence electrons. The highest BCUT2D eigenvalue weighted by atomic mass is 35.5. The maximum Gasteiger partial charge on any atom is 0.343 e. The summed E-state index contributed by atoms with van der Waals surface area (Å²) in [5.74, 6) is 0.122. The van der Waals surface area contributed by atoms with Crippen molar-refractivity contribution < 1.29 is 14.3 Å². The van der Waals surface area contributed by atoms with Crippen LogP contribution in [0.15, 0.2) is 36.4 Å². The fourth-order valence-electron chi connectivity index (χ4n) is 2.46. The minimum Gasteiger partial charge on any atom is -0.490 e. The van der Waals surface area contributed by atoms with Crippen LogP contribution in [0.1, 0.15) is 54.9 Å². The fraction of sp³-hybridized carbons (Fsp3) is 0.333. The lowest BCUT2D eigenvalue weighted by atomic mass is 10.2. The molecule has 0 saturated heterocycles. The zero-order valence-electron chi connectivity index (χ0n) is 15.1. The molecule has 0 amide bonds. The molecule has 0 aliphatic heterocycles. The van der Waals surface area contributed by atoms with Crippen LogP contribution < -0.4 is 9.47 Å². The van der Waals surface area contributed by atoms with E-state index >= 15 is 0 Å². The highest BCUT2D eigenvalue weighted by Gasteiger charge is 2.16. The molecule has 0 aliphatic carbocycles. The summed E-state index contributed by atoms with van der Waals surface area (Å²) in [7, 11) is 0. The van der Waals surface area contributed by atoms with E-state index in [1.807, 2.05) is 6.07 Å². The topological polar surface area (TPSA) is 59.3 Å². The SMILES string of the molecule is CCCCCCCOc1c(Cl)cc(C(=O)Oc2ccc(C#N)cc2)cc1Cl. The maximum atomic E-state index is 12.3. The molecule has 4 nitrogen and oxygen atoms in total. The predicted molar refractivity (Wildman–Crippen MR) is 107 cm³/mol. The van der Waals surface area contributed by atoms with E-state index in [0.717, 1.165) is 12.8 Å². The summed E-state index contributed by atoms with van der Waals surface area (Å²) in [6.07, 6.45) is 5.62. The predicted octanol–water partition coefficient (Wildman–Crippen LogP) is 6.43. The summed E-state index contributed by atoms with van der Waals surface area (Å²) in [5, 5.41) is 9.32. The van der Waals surface area contributed by atoms with Gasteiger partial charge in [0.25, 0.3) is 0 Å². The lowest BCUT2D eigenvalue weighted by Crippen LogP contribution is -2.09. The van der Waals surface area contributed by atoms with Crippen molar-refractivity contribution in [1.29, 1.82) is 5.26 Å². The standard InChI is InChI=1S/C21H21Cl2NO3/c1-2-3-4-5-6-11-26-20-18(22)12-16(13-19(20)23)21(25)27-17-9-7-15(14-24)8-10-17/h7-10,12-13H,2-6,11H2,1H3. The minimum atomic E-state index is -0.588. The average molecular weight is 406 g/mol. The van der Waals surface area contributed by atoms with E-state index in [0.29, 0.717) is 23.7 Å². The normalized spacial score (nSPS) is 10.3. The van der Waals surface area contributed by atoms with E-state index in [1.54, 1.807) is 24.3 Å². The molecule has 0 spiro atoms. The molecule has 6 heteroatoms. The van der Waals surface area contributed by atoms with Gasteiger partial charge in [-0.1, -0.05) is 55.8 Å². The van der Waals surface area contributed by atoms with Crippen molar-refractivity contribution in [3.63, 3.8) is 0 Å². The zero-order valence-corrected chi connectivity index (χ0v) is 16.6. The first kappa shape index (κ1) is 21.1. The van der Waals surface area contributed by atoms with Crippen LogP contribution in [-0.2, 0) is 0 Å². The number of ether oxygens (including phenoxy) is 2. The molecule has 0 fully saturated rings. The van der Waals surface area contributed by atoms with Crippen molar-refractivity contribution in [3.8, 4) is 17.6 Å². The van der Waals surface area contributed by atoms with Crippen LogP contribution in [0.4, 0.5) is 0 Å². The fourth-order valence-corrected chi connectivity index (χ4v) is 3.06. The number of hydrogen-bond donors (Lipinski definition) is 0. The van der Waals surface area contributed by atoms with E-state index < -0.39 is 5.97 Å². The van der Waals surface area contributed by atoms with Gasteiger partial charge in [-0.15, -0.1) is 0 Å². The van der Waals surface area contributed by atoms with Crippen molar-refractivity contribution in [1.82, 2.24) is 0 Å². The molecule has 2 aromatic rings. The van der Waals surface area contributed by atoms with Crippen LogP contribution >= 0.6 is 23.2 Å². The minimum absolute atomic E-state index is 0.227. The Morgan fingerprint density at radius 2 is 1.67 bits per heavy atom. The van der Waals surface area contributed by atoms with Crippen LogP contribution in [-0.4, -0.2) is 12.6 Å². The summed E-state index contributed by atoms with van der Waals surface area (Å²) in [4.78, 5) is 12.3. The molecule has 0 bridgehead atoms. The third kappa shape index (κ3) is 6.46. The number of carbonyl (C=O) groups is 1. The Balaban J connectivity index is 1.97. The quantitative estimate of drug-likeness (QED) is 0.273. The largest absolute Gasteiger partial charge is 0.490 e. The van der Waals surface area contributed by atoms with Gasteiger partial charge in [-0.25, -0.2) is 4.79 Å². The van der Waals surface area contributed by atoms with Crippen molar-refractivity contribution in [2.75, 3.05) is 6.61 Å². The summed E-state index contributed by atoms with van der Waals surface area (Å²) in [6, 6.07) is 11.2. The van der Waals surface area contributed by atoms with Crippen LogP contribution in [0.5, 0.6) is 11.5 Å². The highest BCUT2D eigenvalue weighted by Crippen LogP contribution is 2.34. The first-order chi connectivity index (χ1) is 13.0. The molecule has 0 aliphatic rings. The smallest absolute Gasteiger partial charge is 0.343 e. The van der Waals surface area contributed by atoms with Crippen molar-refractivity contribution in [2.24, 2.45) is 0 Å². The van der Waals surface area contributed by atoms with Crippen LogP contribution in [0, 0.1) is 11.3 Å². The molecule has 0 N–H and O–H groups in total. The second kappa shape index (κ2) is 10.8. The Hall–Kier alpha value is -2.22. The Morgan fingerprint density at radius 3 is 2.26 bits per heavy atom. The number of carbonyl (C=O) groups excluding carboxylic acids is 1. The van der Waals surface area contributed by atoms with Crippen molar-refractivity contribution >= 4 is 29.2 Å². The molecular formula is C21H21Cl2NO3. The van der Waals surface area contributed by atoms with Gasteiger partial charge in [0.1, 0.15) is 5.75 Å². The number of hydrogen-bond acceptors (Lipinski definition) is 4. The Bertz CT molecular complexity index is 790. The summed E-state index contributed by atoms with van der Waals surface area (Å²) in [5.41, 5.74) is 0.710. The molecule has 2 aromatic carbocycles. The number of esters is 1. The summed E-state index contributed by atoms with van der Waals surface area (Å²) < 4.78 is 11.0.